The van der Waals surface area contributed by atoms with Gasteiger partial charge in [-0.3, -0.25) is 0 Å². The molecule has 2 unspecified atom stereocenters. The first-order valence-corrected chi connectivity index (χ1v) is 6.50. The first kappa shape index (κ1) is 13.0. The lowest BCUT2D eigenvalue weighted by atomic mass is 10.3. The predicted octanol–water partition coefficient (Wildman–Crippen LogP) is 2.94. The van der Waals surface area contributed by atoms with E-state index in [-0.39, 0.29) is 6.10 Å². The maximum atomic E-state index is 9.39. The molecule has 0 heterocycles. The molecule has 1 N–H and O–H groups in total. The van der Waals surface area contributed by atoms with Crippen LogP contribution in [0.1, 0.15) is 6.92 Å². The quantitative estimate of drug-likeness (QED) is 0.846. The molecule has 4 heteroatoms. The number of methoxy groups -OCH3 is 1. The van der Waals surface area contributed by atoms with Gasteiger partial charge in [0.1, 0.15) is 0 Å². The molecule has 0 bridgehead atoms. The van der Waals surface area contributed by atoms with Crippen LogP contribution in [0.2, 0.25) is 0 Å². The van der Waals surface area contributed by atoms with Crippen molar-refractivity contribution >= 4 is 27.7 Å². The van der Waals surface area contributed by atoms with Crippen molar-refractivity contribution in [1.82, 2.24) is 0 Å². The van der Waals surface area contributed by atoms with Crippen molar-refractivity contribution in [1.29, 1.82) is 0 Å². The van der Waals surface area contributed by atoms with Gasteiger partial charge < -0.3 is 9.84 Å². The molecule has 1 rings (SSSR count). The average molecular weight is 291 g/mol. The van der Waals surface area contributed by atoms with Crippen LogP contribution in [0.25, 0.3) is 0 Å². The second-order valence-electron chi connectivity index (χ2n) is 3.28. The SMILES string of the molecule is COC(CSc1ccc(Br)cc1)C(C)O. The van der Waals surface area contributed by atoms with Crippen molar-refractivity contribution in [2.75, 3.05) is 12.9 Å². The van der Waals surface area contributed by atoms with Crippen molar-refractivity contribution in [2.45, 2.75) is 24.0 Å². The van der Waals surface area contributed by atoms with E-state index in [1.807, 2.05) is 24.3 Å². The van der Waals surface area contributed by atoms with E-state index in [0.29, 0.717) is 0 Å². The first-order chi connectivity index (χ1) is 7.13. The number of aliphatic hydroxyl groups excluding tert-OH is 1. The van der Waals surface area contributed by atoms with Crippen LogP contribution >= 0.6 is 27.7 Å². The average Bonchev–Trinajstić information content (AvgIpc) is 2.21. The molecule has 0 fully saturated rings. The second kappa shape index (κ2) is 6.53. The lowest BCUT2D eigenvalue weighted by molar-refractivity contribution is 0.0130. The Morgan fingerprint density at radius 2 is 2.00 bits per heavy atom. The van der Waals surface area contributed by atoms with Gasteiger partial charge in [0.25, 0.3) is 0 Å². The minimum absolute atomic E-state index is 0.112. The summed E-state index contributed by atoms with van der Waals surface area (Å²) in [4.78, 5) is 1.18. The lowest BCUT2D eigenvalue weighted by Crippen LogP contribution is -2.27. The second-order valence-corrected chi connectivity index (χ2v) is 5.29. The molecule has 1 aromatic carbocycles. The van der Waals surface area contributed by atoms with E-state index in [0.717, 1.165) is 10.2 Å². The summed E-state index contributed by atoms with van der Waals surface area (Å²) < 4.78 is 6.25. The van der Waals surface area contributed by atoms with Crippen molar-refractivity contribution in [3.8, 4) is 0 Å². The topological polar surface area (TPSA) is 29.5 Å². The Labute approximate surface area is 103 Å². The van der Waals surface area contributed by atoms with E-state index in [1.165, 1.54) is 4.90 Å². The summed E-state index contributed by atoms with van der Waals surface area (Å²) in [6.07, 6.45) is -0.545. The van der Waals surface area contributed by atoms with Crippen molar-refractivity contribution in [3.63, 3.8) is 0 Å². The fraction of sp³-hybridized carbons (Fsp3) is 0.455. The molecule has 84 valence electrons. The van der Waals surface area contributed by atoms with Gasteiger partial charge in [-0.05, 0) is 31.2 Å². The Morgan fingerprint density at radius 1 is 1.40 bits per heavy atom. The van der Waals surface area contributed by atoms with E-state index >= 15 is 0 Å². The monoisotopic (exact) mass is 290 g/mol. The summed E-state index contributed by atoms with van der Waals surface area (Å²) in [5.74, 6) is 0.760. The molecule has 2 atom stereocenters. The van der Waals surface area contributed by atoms with Crippen LogP contribution in [0.4, 0.5) is 0 Å². The Bertz CT molecular complexity index is 287. The molecule has 0 aliphatic heterocycles. The summed E-state index contributed by atoms with van der Waals surface area (Å²) >= 11 is 5.07. The van der Waals surface area contributed by atoms with Crippen LogP contribution in [0.15, 0.2) is 33.6 Å². The summed E-state index contributed by atoms with van der Waals surface area (Å²) in [7, 11) is 1.62. The van der Waals surface area contributed by atoms with Crippen LogP contribution in [-0.4, -0.2) is 30.2 Å². The zero-order valence-electron chi connectivity index (χ0n) is 8.81. The number of benzene rings is 1. The van der Waals surface area contributed by atoms with Gasteiger partial charge in [0.05, 0.1) is 12.2 Å². The molecule has 15 heavy (non-hydrogen) atoms. The zero-order chi connectivity index (χ0) is 11.3. The molecule has 0 spiro atoms. The lowest BCUT2D eigenvalue weighted by Gasteiger charge is -2.17. The van der Waals surface area contributed by atoms with Crippen LogP contribution in [-0.2, 0) is 4.74 Å². The molecular formula is C11H15BrO2S. The highest BCUT2D eigenvalue weighted by Crippen LogP contribution is 2.22. The van der Waals surface area contributed by atoms with Gasteiger partial charge in [-0.25, -0.2) is 0 Å². The van der Waals surface area contributed by atoms with Crippen molar-refractivity contribution < 1.29 is 9.84 Å². The van der Waals surface area contributed by atoms with Crippen LogP contribution < -0.4 is 0 Å². The minimum Gasteiger partial charge on any atom is -0.391 e. The summed E-state index contributed by atoms with van der Waals surface area (Å²) in [5.41, 5.74) is 0. The van der Waals surface area contributed by atoms with E-state index < -0.39 is 6.10 Å². The molecule has 1 aromatic rings. The fourth-order valence-electron chi connectivity index (χ4n) is 1.11. The fourth-order valence-corrected chi connectivity index (χ4v) is 2.48. The normalized spacial score (nSPS) is 14.9. The van der Waals surface area contributed by atoms with Gasteiger partial charge >= 0.3 is 0 Å². The summed E-state index contributed by atoms with van der Waals surface area (Å²) in [5, 5.41) is 9.39. The predicted molar refractivity (Wildman–Crippen MR) is 67.3 cm³/mol. The number of rotatable bonds is 5. The van der Waals surface area contributed by atoms with Crippen LogP contribution in [0, 0.1) is 0 Å². The van der Waals surface area contributed by atoms with E-state index in [4.69, 9.17) is 4.74 Å². The zero-order valence-corrected chi connectivity index (χ0v) is 11.2. The largest absolute Gasteiger partial charge is 0.391 e. The summed E-state index contributed by atoms with van der Waals surface area (Å²) in [6, 6.07) is 8.10. The van der Waals surface area contributed by atoms with Gasteiger partial charge in [-0.2, -0.15) is 0 Å². The highest BCUT2D eigenvalue weighted by Gasteiger charge is 2.13. The van der Waals surface area contributed by atoms with E-state index in [9.17, 15) is 5.11 Å². The maximum absolute atomic E-state index is 9.39. The number of ether oxygens (including phenoxy) is 1. The van der Waals surface area contributed by atoms with Crippen LogP contribution in [0.5, 0.6) is 0 Å². The Balaban J connectivity index is 2.45. The molecule has 0 amide bonds. The standard InChI is InChI=1S/C11H15BrO2S/c1-8(13)11(14-2)7-15-10-5-3-9(12)4-6-10/h3-6,8,11,13H,7H2,1-2H3. The molecule has 0 radical (unpaired) electrons. The van der Waals surface area contributed by atoms with Gasteiger partial charge in [0, 0.05) is 22.2 Å². The minimum atomic E-state index is -0.432. The number of thioether (sulfide) groups is 1. The third-order valence-corrected chi connectivity index (χ3v) is 3.70. The third-order valence-electron chi connectivity index (χ3n) is 2.07. The van der Waals surface area contributed by atoms with Gasteiger partial charge in [0.15, 0.2) is 0 Å². The number of hydrogen-bond acceptors (Lipinski definition) is 3. The molecule has 0 saturated carbocycles. The highest BCUT2D eigenvalue weighted by molar-refractivity contribution is 9.10. The summed E-state index contributed by atoms with van der Waals surface area (Å²) in [6.45, 7) is 1.75. The smallest absolute Gasteiger partial charge is 0.0920 e. The number of hydrogen-bond donors (Lipinski definition) is 1. The molecule has 0 aliphatic carbocycles. The molecule has 0 saturated heterocycles. The number of aliphatic hydroxyl groups is 1. The van der Waals surface area contributed by atoms with E-state index in [2.05, 4.69) is 15.9 Å². The van der Waals surface area contributed by atoms with Crippen LogP contribution in [0.3, 0.4) is 0 Å². The van der Waals surface area contributed by atoms with Gasteiger partial charge in [-0.1, -0.05) is 15.9 Å². The molecular weight excluding hydrogens is 276 g/mol. The third kappa shape index (κ3) is 4.55. The molecule has 0 aromatic heterocycles. The van der Waals surface area contributed by atoms with Gasteiger partial charge in [-0.15, -0.1) is 11.8 Å². The highest BCUT2D eigenvalue weighted by atomic mass is 79.9. The first-order valence-electron chi connectivity index (χ1n) is 4.72. The Hall–Kier alpha value is -0.0300. The number of halogens is 1. The molecule has 2 nitrogen and oxygen atoms in total. The van der Waals surface area contributed by atoms with Crippen molar-refractivity contribution in [2.24, 2.45) is 0 Å². The van der Waals surface area contributed by atoms with E-state index in [1.54, 1.807) is 25.8 Å². The molecule has 0 aliphatic rings. The maximum Gasteiger partial charge on any atom is 0.0920 e. The van der Waals surface area contributed by atoms with Crippen molar-refractivity contribution in [3.05, 3.63) is 28.7 Å². The Morgan fingerprint density at radius 3 is 2.47 bits per heavy atom. The Kier molecular flexibility index (Phi) is 5.68. The van der Waals surface area contributed by atoms with Gasteiger partial charge in [0.2, 0.25) is 0 Å².